The maximum atomic E-state index is 14.2. The van der Waals surface area contributed by atoms with Gasteiger partial charge in [-0.1, -0.05) is 23.8 Å². The zero-order valence-electron chi connectivity index (χ0n) is 16.6. The number of alkyl halides is 6. The molecular weight excluding hydrogens is 466 g/mol. The number of halogens is 6. The Morgan fingerprint density at radius 1 is 1.00 bits per heavy atom. The van der Waals surface area contributed by atoms with E-state index in [0.29, 0.717) is 17.7 Å². The molecule has 0 heterocycles. The topological polar surface area (TPSA) is 84.5 Å². The van der Waals surface area contributed by atoms with Crippen LogP contribution in [-0.2, 0) is 25.7 Å². The number of ether oxygens (including phenoxy) is 1. The van der Waals surface area contributed by atoms with E-state index < -0.39 is 56.8 Å². The minimum absolute atomic E-state index is 0.305. The van der Waals surface area contributed by atoms with Crippen LogP contribution in [0.2, 0.25) is 0 Å². The molecule has 176 valence electrons. The van der Waals surface area contributed by atoms with Gasteiger partial charge in [-0.15, -0.1) is 0 Å². The van der Waals surface area contributed by atoms with E-state index in [0.717, 1.165) is 24.3 Å². The summed E-state index contributed by atoms with van der Waals surface area (Å²) in [6, 6.07) is 7.16. The molecule has 1 unspecified atom stereocenters. The van der Waals surface area contributed by atoms with Gasteiger partial charge < -0.3 is 10.1 Å². The molecule has 0 fully saturated rings. The Kier molecular flexibility index (Phi) is 7.15. The van der Waals surface area contributed by atoms with Gasteiger partial charge in [0.25, 0.3) is 5.66 Å². The lowest BCUT2D eigenvalue weighted by Gasteiger charge is -2.35. The summed E-state index contributed by atoms with van der Waals surface area (Å²) in [5.74, 6) is -2.10. The van der Waals surface area contributed by atoms with Crippen molar-refractivity contribution >= 4 is 21.7 Å². The molecule has 0 saturated heterocycles. The van der Waals surface area contributed by atoms with Gasteiger partial charge in [-0.3, -0.25) is 0 Å². The third kappa shape index (κ3) is 5.51. The van der Waals surface area contributed by atoms with Crippen LogP contribution in [0.4, 0.5) is 32.0 Å². The number of hydrogen-bond acceptors (Lipinski definition) is 5. The van der Waals surface area contributed by atoms with E-state index in [-0.39, 0.29) is 0 Å². The summed E-state index contributed by atoms with van der Waals surface area (Å²) in [5, 5.41) is 1.58. The fourth-order valence-corrected chi connectivity index (χ4v) is 3.84. The number of carbonyl (C=O) groups excluding carboxylic acids is 1. The standard InChI is InChI=1S/C19H18F6N2O4S/c1-3-31-16(28)17(19(23,24)25,26-14-6-4-5-13(11-14)18(20,21)22)27-32(29,30)15-9-7-12(2)8-10-15/h4-11,26-27H,3H2,1-2H3. The number of nitrogens with one attached hydrogen (secondary N) is 2. The summed E-state index contributed by atoms with van der Waals surface area (Å²) in [4.78, 5) is 11.8. The van der Waals surface area contributed by atoms with Crippen molar-refractivity contribution in [3.8, 4) is 0 Å². The first kappa shape index (κ1) is 25.5. The van der Waals surface area contributed by atoms with E-state index >= 15 is 0 Å². The van der Waals surface area contributed by atoms with E-state index in [2.05, 4.69) is 4.74 Å². The minimum Gasteiger partial charge on any atom is -0.463 e. The zero-order chi connectivity index (χ0) is 24.4. The molecule has 0 spiro atoms. The molecule has 0 saturated carbocycles. The molecule has 2 aromatic rings. The van der Waals surface area contributed by atoms with Gasteiger partial charge in [-0.2, -0.15) is 31.1 Å². The van der Waals surface area contributed by atoms with Crippen molar-refractivity contribution in [1.29, 1.82) is 0 Å². The van der Waals surface area contributed by atoms with Crippen molar-refractivity contribution in [3.63, 3.8) is 0 Å². The second kappa shape index (κ2) is 8.98. The SMILES string of the molecule is CCOC(=O)C(Nc1cccc(C(F)(F)F)c1)(NS(=O)(=O)c1ccc(C)cc1)C(F)(F)F. The molecule has 0 bridgehead atoms. The van der Waals surface area contributed by atoms with Crippen molar-refractivity contribution in [3.05, 3.63) is 59.7 Å². The number of rotatable bonds is 7. The molecule has 0 radical (unpaired) electrons. The molecule has 6 nitrogen and oxygen atoms in total. The van der Waals surface area contributed by atoms with Crippen LogP contribution in [-0.4, -0.2) is 32.8 Å². The summed E-state index contributed by atoms with van der Waals surface area (Å²) in [5.41, 5.74) is -5.64. The molecule has 13 heteroatoms. The largest absolute Gasteiger partial charge is 0.463 e. The lowest BCUT2D eigenvalue weighted by molar-refractivity contribution is -0.202. The number of anilines is 1. The first-order valence-electron chi connectivity index (χ1n) is 8.92. The highest BCUT2D eigenvalue weighted by molar-refractivity contribution is 7.89. The Balaban J connectivity index is 2.64. The van der Waals surface area contributed by atoms with Crippen LogP contribution in [0.25, 0.3) is 0 Å². The Bertz CT molecular complexity index is 1070. The summed E-state index contributed by atoms with van der Waals surface area (Å²) in [7, 11) is -5.00. The van der Waals surface area contributed by atoms with Gasteiger partial charge in [-0.05, 0) is 44.2 Å². The number of hydrogen-bond donors (Lipinski definition) is 2. The fourth-order valence-electron chi connectivity index (χ4n) is 2.57. The fraction of sp³-hybridized carbons (Fsp3) is 0.316. The van der Waals surface area contributed by atoms with Crippen LogP contribution in [0.1, 0.15) is 18.1 Å². The van der Waals surface area contributed by atoms with Gasteiger partial charge >= 0.3 is 18.3 Å². The van der Waals surface area contributed by atoms with Crippen molar-refractivity contribution < 1.29 is 44.3 Å². The number of esters is 1. The second-order valence-corrected chi connectivity index (χ2v) is 8.27. The van der Waals surface area contributed by atoms with Crippen molar-refractivity contribution in [1.82, 2.24) is 4.72 Å². The van der Waals surface area contributed by atoms with Crippen LogP contribution in [0.15, 0.2) is 53.4 Å². The van der Waals surface area contributed by atoms with Crippen molar-refractivity contribution in [2.75, 3.05) is 11.9 Å². The molecule has 0 aromatic heterocycles. The first-order chi connectivity index (χ1) is 14.6. The minimum atomic E-state index is -5.66. The van der Waals surface area contributed by atoms with Crippen LogP contribution >= 0.6 is 0 Å². The third-order valence-corrected chi connectivity index (χ3v) is 5.61. The first-order valence-corrected chi connectivity index (χ1v) is 10.4. The summed E-state index contributed by atoms with van der Waals surface area (Å²) >= 11 is 0. The Labute approximate surface area is 179 Å². The number of carbonyl (C=O) groups is 1. The summed E-state index contributed by atoms with van der Waals surface area (Å²) in [6.45, 7) is 2.22. The van der Waals surface area contributed by atoms with Crippen molar-refractivity contribution in [2.45, 2.75) is 36.8 Å². The van der Waals surface area contributed by atoms with Crippen LogP contribution in [0.3, 0.4) is 0 Å². The van der Waals surface area contributed by atoms with Gasteiger partial charge in [0.15, 0.2) is 0 Å². The maximum Gasteiger partial charge on any atom is 0.437 e. The Hall–Kier alpha value is -2.80. The highest BCUT2D eigenvalue weighted by Crippen LogP contribution is 2.36. The van der Waals surface area contributed by atoms with Gasteiger partial charge in [0, 0.05) is 5.69 Å². The second-order valence-electron chi connectivity index (χ2n) is 6.59. The molecule has 0 aliphatic heterocycles. The number of benzene rings is 2. The number of aryl methyl sites for hydroxylation is 1. The molecule has 2 aromatic carbocycles. The van der Waals surface area contributed by atoms with Gasteiger partial charge in [0.05, 0.1) is 17.1 Å². The van der Waals surface area contributed by atoms with Gasteiger partial charge in [-0.25, -0.2) is 13.2 Å². The quantitative estimate of drug-likeness (QED) is 0.349. The molecular formula is C19H18F6N2O4S. The van der Waals surface area contributed by atoms with Crippen LogP contribution < -0.4 is 10.0 Å². The van der Waals surface area contributed by atoms with E-state index in [1.54, 1.807) is 12.2 Å². The lowest BCUT2D eigenvalue weighted by Crippen LogP contribution is -2.69. The maximum absolute atomic E-state index is 14.2. The van der Waals surface area contributed by atoms with Gasteiger partial charge in [0.1, 0.15) is 0 Å². The van der Waals surface area contributed by atoms with Crippen LogP contribution in [0, 0.1) is 6.92 Å². The zero-order valence-corrected chi connectivity index (χ0v) is 17.5. The highest BCUT2D eigenvalue weighted by atomic mass is 32.2. The molecule has 0 aliphatic rings. The summed E-state index contributed by atoms with van der Waals surface area (Å²) in [6.07, 6.45) is -10.6. The average Bonchev–Trinajstić information content (AvgIpc) is 2.66. The lowest BCUT2D eigenvalue weighted by atomic mass is 10.1. The third-order valence-electron chi connectivity index (χ3n) is 4.15. The molecule has 1 atom stereocenters. The van der Waals surface area contributed by atoms with E-state index in [1.165, 1.54) is 23.8 Å². The smallest absolute Gasteiger partial charge is 0.437 e. The molecule has 0 aliphatic carbocycles. The monoisotopic (exact) mass is 484 g/mol. The predicted octanol–water partition coefficient (Wildman–Crippen LogP) is 4.23. The van der Waals surface area contributed by atoms with Crippen LogP contribution in [0.5, 0.6) is 0 Å². The number of sulfonamides is 1. The predicted molar refractivity (Wildman–Crippen MR) is 102 cm³/mol. The van der Waals surface area contributed by atoms with E-state index in [4.69, 9.17) is 0 Å². The molecule has 2 rings (SSSR count). The van der Waals surface area contributed by atoms with Gasteiger partial charge in [0.2, 0.25) is 10.0 Å². The Morgan fingerprint density at radius 3 is 2.09 bits per heavy atom. The normalized spacial score (nSPS) is 14.5. The highest BCUT2D eigenvalue weighted by Gasteiger charge is 2.64. The Morgan fingerprint density at radius 2 is 1.59 bits per heavy atom. The molecule has 2 N–H and O–H groups in total. The van der Waals surface area contributed by atoms with E-state index in [1.807, 2.05) is 0 Å². The van der Waals surface area contributed by atoms with Crippen molar-refractivity contribution in [2.24, 2.45) is 0 Å². The average molecular weight is 484 g/mol. The van der Waals surface area contributed by atoms with E-state index in [9.17, 15) is 39.6 Å². The summed E-state index contributed by atoms with van der Waals surface area (Å²) < 4.78 is 113. The molecule has 32 heavy (non-hydrogen) atoms. The molecule has 0 amide bonds.